The second-order valence-electron chi connectivity index (χ2n) is 4.27. The summed E-state index contributed by atoms with van der Waals surface area (Å²) in [6.07, 6.45) is 2.50. The van der Waals surface area contributed by atoms with E-state index < -0.39 is 24.0 Å². The molecule has 0 atom stereocenters. The van der Waals surface area contributed by atoms with Crippen LogP contribution < -0.4 is 4.74 Å². The van der Waals surface area contributed by atoms with Crippen LogP contribution in [0.3, 0.4) is 0 Å². The summed E-state index contributed by atoms with van der Waals surface area (Å²) in [5.41, 5.74) is 0.285. The Morgan fingerprint density at radius 3 is 2.32 bits per heavy atom. The van der Waals surface area contributed by atoms with Gasteiger partial charge in [0.1, 0.15) is 17.4 Å². The SMILES string of the molecule is O=C(C=Cc1ccc(OC(F)F)cc1)c1ccc(F)cc1F. The quantitative estimate of drug-likeness (QED) is 0.463. The lowest BCUT2D eigenvalue weighted by molar-refractivity contribution is -0.0498. The molecule has 0 N–H and O–H groups in total. The number of ether oxygens (including phenoxy) is 1. The zero-order chi connectivity index (χ0) is 16.1. The molecule has 0 fully saturated rings. The molecule has 0 radical (unpaired) electrons. The summed E-state index contributed by atoms with van der Waals surface area (Å²) in [5, 5.41) is 0. The van der Waals surface area contributed by atoms with Crippen molar-refractivity contribution in [3.05, 3.63) is 71.3 Å². The lowest BCUT2D eigenvalue weighted by Crippen LogP contribution is -2.01. The van der Waals surface area contributed by atoms with Crippen molar-refractivity contribution in [2.75, 3.05) is 0 Å². The molecule has 0 saturated heterocycles. The molecule has 0 aromatic heterocycles. The summed E-state index contributed by atoms with van der Waals surface area (Å²) in [7, 11) is 0. The highest BCUT2D eigenvalue weighted by molar-refractivity contribution is 6.06. The van der Waals surface area contributed by atoms with Crippen LogP contribution in [0.1, 0.15) is 15.9 Å². The van der Waals surface area contributed by atoms with Gasteiger partial charge in [0.05, 0.1) is 5.56 Å². The number of benzene rings is 2. The summed E-state index contributed by atoms with van der Waals surface area (Å²) >= 11 is 0. The largest absolute Gasteiger partial charge is 0.435 e. The molecule has 0 saturated carbocycles. The van der Waals surface area contributed by atoms with Crippen LogP contribution in [-0.4, -0.2) is 12.4 Å². The maximum Gasteiger partial charge on any atom is 0.387 e. The minimum atomic E-state index is -2.91. The van der Waals surface area contributed by atoms with Crippen molar-refractivity contribution in [1.29, 1.82) is 0 Å². The molecule has 114 valence electrons. The highest BCUT2D eigenvalue weighted by Crippen LogP contribution is 2.16. The molecular formula is C16H10F4O2. The normalized spacial score (nSPS) is 11.1. The molecule has 2 aromatic carbocycles. The van der Waals surface area contributed by atoms with Gasteiger partial charge in [-0.25, -0.2) is 8.78 Å². The summed E-state index contributed by atoms with van der Waals surface area (Å²) < 4.78 is 54.3. The second-order valence-corrected chi connectivity index (χ2v) is 4.27. The summed E-state index contributed by atoms with van der Waals surface area (Å²) in [6.45, 7) is -2.91. The summed E-state index contributed by atoms with van der Waals surface area (Å²) in [5.74, 6) is -2.36. The number of rotatable bonds is 5. The molecule has 0 amide bonds. The highest BCUT2D eigenvalue weighted by atomic mass is 19.3. The Bertz CT molecular complexity index is 694. The molecule has 0 spiro atoms. The fourth-order valence-corrected chi connectivity index (χ4v) is 1.71. The average molecular weight is 310 g/mol. The Morgan fingerprint density at radius 2 is 1.73 bits per heavy atom. The molecule has 0 aliphatic heterocycles. The number of hydrogen-bond acceptors (Lipinski definition) is 2. The van der Waals surface area contributed by atoms with Crippen LogP contribution in [-0.2, 0) is 0 Å². The van der Waals surface area contributed by atoms with E-state index in [9.17, 15) is 22.4 Å². The van der Waals surface area contributed by atoms with Gasteiger partial charge in [-0.1, -0.05) is 18.2 Å². The van der Waals surface area contributed by atoms with Gasteiger partial charge >= 0.3 is 6.61 Å². The first-order chi connectivity index (χ1) is 10.5. The maximum absolute atomic E-state index is 13.4. The first-order valence-corrected chi connectivity index (χ1v) is 6.18. The van der Waals surface area contributed by atoms with Gasteiger partial charge in [0.25, 0.3) is 0 Å². The molecule has 6 heteroatoms. The van der Waals surface area contributed by atoms with Crippen molar-refractivity contribution in [1.82, 2.24) is 0 Å². The van der Waals surface area contributed by atoms with Crippen molar-refractivity contribution in [2.45, 2.75) is 6.61 Å². The molecule has 0 bridgehead atoms. The molecule has 2 aromatic rings. The third-order valence-electron chi connectivity index (χ3n) is 2.73. The fraction of sp³-hybridized carbons (Fsp3) is 0.0625. The van der Waals surface area contributed by atoms with Crippen LogP contribution in [0.4, 0.5) is 17.6 Å². The summed E-state index contributed by atoms with van der Waals surface area (Å²) in [4.78, 5) is 11.8. The van der Waals surface area contributed by atoms with Crippen molar-refractivity contribution in [2.24, 2.45) is 0 Å². The van der Waals surface area contributed by atoms with Gasteiger partial charge in [-0.05, 0) is 35.9 Å². The number of alkyl halides is 2. The Morgan fingerprint density at radius 1 is 1.05 bits per heavy atom. The number of hydrogen-bond donors (Lipinski definition) is 0. The molecule has 2 rings (SSSR count). The molecule has 22 heavy (non-hydrogen) atoms. The van der Waals surface area contributed by atoms with Gasteiger partial charge in [0, 0.05) is 6.07 Å². The van der Waals surface area contributed by atoms with E-state index in [4.69, 9.17) is 0 Å². The van der Waals surface area contributed by atoms with Gasteiger partial charge in [-0.15, -0.1) is 0 Å². The number of halogens is 4. The zero-order valence-corrected chi connectivity index (χ0v) is 11.1. The van der Waals surface area contributed by atoms with Crippen LogP contribution in [0.5, 0.6) is 5.75 Å². The lowest BCUT2D eigenvalue weighted by atomic mass is 10.1. The molecule has 0 unspecified atom stereocenters. The highest BCUT2D eigenvalue weighted by Gasteiger charge is 2.09. The van der Waals surface area contributed by atoms with Gasteiger partial charge < -0.3 is 4.74 Å². The minimum absolute atomic E-state index is 0.0111. The van der Waals surface area contributed by atoms with Crippen LogP contribution in [0.25, 0.3) is 6.08 Å². The van der Waals surface area contributed by atoms with Crippen molar-refractivity contribution >= 4 is 11.9 Å². The van der Waals surface area contributed by atoms with Gasteiger partial charge in [-0.2, -0.15) is 8.78 Å². The number of carbonyl (C=O) groups excluding carboxylic acids is 1. The van der Waals surface area contributed by atoms with Crippen molar-refractivity contribution < 1.29 is 27.1 Å². The maximum atomic E-state index is 13.4. The number of allylic oxidation sites excluding steroid dienone is 1. The Hall–Kier alpha value is -2.63. The van der Waals surface area contributed by atoms with Crippen LogP contribution in [0.15, 0.2) is 48.5 Å². The zero-order valence-electron chi connectivity index (χ0n) is 11.1. The third kappa shape index (κ3) is 4.18. The van der Waals surface area contributed by atoms with E-state index in [2.05, 4.69) is 4.74 Å². The van der Waals surface area contributed by atoms with Crippen molar-refractivity contribution in [3.63, 3.8) is 0 Å². The first-order valence-electron chi connectivity index (χ1n) is 6.18. The Kier molecular flexibility index (Phi) is 4.93. The minimum Gasteiger partial charge on any atom is -0.435 e. The Labute approximate surface area is 123 Å². The molecular weight excluding hydrogens is 300 g/mol. The van der Waals surface area contributed by atoms with Gasteiger partial charge in [0.15, 0.2) is 5.78 Å². The predicted molar refractivity (Wildman–Crippen MR) is 72.8 cm³/mol. The summed E-state index contributed by atoms with van der Waals surface area (Å²) in [6, 6.07) is 8.21. The molecule has 2 nitrogen and oxygen atoms in total. The van der Waals surface area contributed by atoms with Crippen LogP contribution in [0.2, 0.25) is 0 Å². The smallest absolute Gasteiger partial charge is 0.387 e. The van der Waals surface area contributed by atoms with Gasteiger partial charge in [0.2, 0.25) is 0 Å². The van der Waals surface area contributed by atoms with E-state index in [0.29, 0.717) is 11.6 Å². The number of carbonyl (C=O) groups is 1. The van der Waals surface area contributed by atoms with E-state index in [1.807, 2.05) is 0 Å². The van der Waals surface area contributed by atoms with Crippen LogP contribution in [0, 0.1) is 11.6 Å². The molecule has 0 heterocycles. The van der Waals surface area contributed by atoms with E-state index >= 15 is 0 Å². The molecule has 0 aliphatic carbocycles. The van der Waals surface area contributed by atoms with E-state index in [-0.39, 0.29) is 11.3 Å². The van der Waals surface area contributed by atoms with Crippen LogP contribution >= 0.6 is 0 Å². The third-order valence-corrected chi connectivity index (χ3v) is 2.73. The standard InChI is InChI=1S/C16H10F4O2/c17-11-4-7-13(14(18)9-11)15(21)8-3-10-1-5-12(6-2-10)22-16(19)20/h1-9,16H. The van der Waals surface area contributed by atoms with Gasteiger partial charge in [-0.3, -0.25) is 4.79 Å². The van der Waals surface area contributed by atoms with E-state index in [0.717, 1.165) is 18.2 Å². The Balaban J connectivity index is 2.09. The second kappa shape index (κ2) is 6.89. The van der Waals surface area contributed by atoms with E-state index in [1.165, 1.54) is 30.3 Å². The monoisotopic (exact) mass is 310 g/mol. The van der Waals surface area contributed by atoms with Crippen molar-refractivity contribution in [3.8, 4) is 5.75 Å². The molecule has 0 aliphatic rings. The first kappa shape index (κ1) is 15.8. The number of ketones is 1. The van der Waals surface area contributed by atoms with E-state index in [1.54, 1.807) is 0 Å². The predicted octanol–water partition coefficient (Wildman–Crippen LogP) is 4.46. The lowest BCUT2D eigenvalue weighted by Gasteiger charge is -2.03. The topological polar surface area (TPSA) is 26.3 Å². The fourth-order valence-electron chi connectivity index (χ4n) is 1.71. The average Bonchev–Trinajstić information content (AvgIpc) is 2.45.